The summed E-state index contributed by atoms with van der Waals surface area (Å²) < 4.78 is 7.30. The fraction of sp³-hybridized carbons (Fsp3) is 0.462. The van der Waals surface area contributed by atoms with Gasteiger partial charge in [0, 0.05) is 44.3 Å². The summed E-state index contributed by atoms with van der Waals surface area (Å²) in [6.07, 6.45) is 3.85. The fourth-order valence-electron chi connectivity index (χ4n) is 4.23. The molecule has 1 aliphatic heterocycles. The zero-order valence-corrected chi connectivity index (χ0v) is 22.2. The summed E-state index contributed by atoms with van der Waals surface area (Å²) in [4.78, 5) is 37.8. The van der Waals surface area contributed by atoms with Crippen LogP contribution >= 0.6 is 11.6 Å². The van der Waals surface area contributed by atoms with Crippen molar-refractivity contribution in [3.8, 4) is 5.75 Å². The van der Waals surface area contributed by atoms with Crippen molar-refractivity contribution in [1.29, 1.82) is 0 Å². The van der Waals surface area contributed by atoms with Crippen LogP contribution in [0.1, 0.15) is 39.7 Å². The monoisotopic (exact) mass is 512 g/mol. The number of rotatable bonds is 7. The van der Waals surface area contributed by atoms with Crippen molar-refractivity contribution in [3.05, 3.63) is 45.8 Å². The number of ether oxygens (including phenoxy) is 1. The van der Waals surface area contributed by atoms with Gasteiger partial charge in [0.05, 0.1) is 11.7 Å². The molecule has 10 heteroatoms. The van der Waals surface area contributed by atoms with E-state index < -0.39 is 0 Å². The topological polar surface area (TPSA) is 92.6 Å². The Morgan fingerprint density at radius 2 is 1.97 bits per heavy atom. The summed E-state index contributed by atoms with van der Waals surface area (Å²) in [6.45, 7) is 7.77. The second-order valence-corrected chi connectivity index (χ2v) is 10.2. The number of likely N-dealkylation sites (N-methyl/N-ethyl adjacent to an activating group) is 1. The van der Waals surface area contributed by atoms with Gasteiger partial charge in [-0.1, -0.05) is 18.5 Å². The number of hydrogen-bond donors (Lipinski definition) is 1. The van der Waals surface area contributed by atoms with Crippen LogP contribution in [0, 0.1) is 5.92 Å². The number of carbonyl (C=O) groups is 1. The maximum Gasteiger partial charge on any atom is 0.293 e. The highest BCUT2D eigenvalue weighted by Gasteiger charge is 2.20. The summed E-state index contributed by atoms with van der Waals surface area (Å²) in [5.74, 6) is 1.79. The molecule has 1 saturated heterocycles. The molecule has 3 heterocycles. The molecular formula is C26H33ClN6O3. The third-order valence-corrected chi connectivity index (χ3v) is 6.71. The Morgan fingerprint density at radius 1 is 1.25 bits per heavy atom. The number of piperidine rings is 1. The number of anilines is 3. The first-order valence-electron chi connectivity index (χ1n) is 12.2. The molecule has 1 N–H and O–H groups in total. The predicted octanol–water partition coefficient (Wildman–Crippen LogP) is 4.47. The number of halogens is 1. The van der Waals surface area contributed by atoms with Crippen molar-refractivity contribution >= 4 is 45.9 Å². The van der Waals surface area contributed by atoms with E-state index in [1.54, 1.807) is 30.9 Å². The van der Waals surface area contributed by atoms with Gasteiger partial charge in [-0.2, -0.15) is 4.98 Å². The van der Waals surface area contributed by atoms with Gasteiger partial charge in [0.1, 0.15) is 5.02 Å². The van der Waals surface area contributed by atoms with E-state index in [-0.39, 0.29) is 29.9 Å². The van der Waals surface area contributed by atoms with Crippen molar-refractivity contribution in [2.75, 3.05) is 44.0 Å². The van der Waals surface area contributed by atoms with Gasteiger partial charge in [0.2, 0.25) is 5.95 Å². The van der Waals surface area contributed by atoms with Gasteiger partial charge in [-0.15, -0.1) is 0 Å². The molecule has 2 aromatic heterocycles. The number of amides is 1. The van der Waals surface area contributed by atoms with Crippen molar-refractivity contribution in [2.24, 2.45) is 5.92 Å². The van der Waals surface area contributed by atoms with Crippen LogP contribution in [0.5, 0.6) is 5.75 Å². The van der Waals surface area contributed by atoms with Crippen LogP contribution in [0.25, 0.3) is 10.9 Å². The average Bonchev–Trinajstić information content (AvgIpc) is 2.84. The van der Waals surface area contributed by atoms with E-state index in [0.717, 1.165) is 42.5 Å². The molecular weight excluding hydrogens is 480 g/mol. The zero-order valence-electron chi connectivity index (χ0n) is 21.4. The molecule has 0 aliphatic carbocycles. The van der Waals surface area contributed by atoms with Gasteiger partial charge >= 0.3 is 0 Å². The Balaban J connectivity index is 1.66. The Labute approximate surface area is 216 Å². The van der Waals surface area contributed by atoms with Crippen LogP contribution in [-0.4, -0.2) is 59.1 Å². The maximum atomic E-state index is 13.1. The summed E-state index contributed by atoms with van der Waals surface area (Å²) in [7, 11) is 3.29. The number of aromatic nitrogens is 3. The molecule has 1 amide bonds. The lowest BCUT2D eigenvalue weighted by Gasteiger charge is -2.30. The van der Waals surface area contributed by atoms with Gasteiger partial charge in [-0.25, -0.2) is 4.98 Å². The van der Waals surface area contributed by atoms with Gasteiger partial charge in [-0.05, 0) is 56.9 Å². The highest BCUT2D eigenvalue weighted by atomic mass is 35.5. The second kappa shape index (κ2) is 10.7. The lowest BCUT2D eigenvalue weighted by Crippen LogP contribution is -2.34. The van der Waals surface area contributed by atoms with Gasteiger partial charge < -0.3 is 24.4 Å². The van der Waals surface area contributed by atoms with E-state index in [0.29, 0.717) is 22.7 Å². The Kier molecular flexibility index (Phi) is 7.68. The molecule has 4 rings (SSSR count). The lowest BCUT2D eigenvalue weighted by atomic mass is 10.00. The van der Waals surface area contributed by atoms with Crippen LogP contribution in [0.3, 0.4) is 0 Å². The minimum Gasteiger partial charge on any atom is -0.478 e. The molecule has 0 spiro atoms. The van der Waals surface area contributed by atoms with E-state index in [1.165, 1.54) is 4.90 Å². The maximum absolute atomic E-state index is 13.1. The van der Waals surface area contributed by atoms with E-state index in [9.17, 15) is 9.59 Å². The number of nitrogens with one attached hydrogen (secondary N) is 1. The van der Waals surface area contributed by atoms with Crippen molar-refractivity contribution in [2.45, 2.75) is 39.7 Å². The number of benzene rings is 1. The summed E-state index contributed by atoms with van der Waals surface area (Å²) in [5.41, 5.74) is 1.25. The number of nitrogens with zero attached hydrogens (tertiary/aromatic N) is 5. The molecule has 0 atom stereocenters. The Morgan fingerprint density at radius 3 is 2.64 bits per heavy atom. The van der Waals surface area contributed by atoms with Crippen LogP contribution < -0.4 is 20.5 Å². The molecule has 36 heavy (non-hydrogen) atoms. The lowest BCUT2D eigenvalue weighted by molar-refractivity contribution is -0.130. The molecule has 0 unspecified atom stereocenters. The molecule has 0 bridgehead atoms. The molecule has 1 aromatic carbocycles. The number of fused-ring (bicyclic) bond motifs is 1. The standard InChI is InChI=1S/C26H33ClN6O3/c1-16(2)33-21-7-6-19(12-18(21)13-22(25(33)35)36-15-23(34)31(4)5)29-24-20(27)14-28-26(30-24)32-10-8-17(3)9-11-32/h6-7,12-14,16-17H,8-11,15H2,1-5H3,(H,28,29,30). The average molecular weight is 513 g/mol. The van der Waals surface area contributed by atoms with Gasteiger partial charge in [-0.3, -0.25) is 9.59 Å². The van der Waals surface area contributed by atoms with Crippen LogP contribution in [0.15, 0.2) is 35.3 Å². The SMILES string of the molecule is CC1CCN(c2ncc(Cl)c(Nc3ccc4c(c3)cc(OCC(=O)N(C)C)c(=O)n4C(C)C)n2)CC1. The van der Waals surface area contributed by atoms with E-state index in [2.05, 4.69) is 27.1 Å². The van der Waals surface area contributed by atoms with Crippen LogP contribution in [0.2, 0.25) is 5.02 Å². The molecule has 0 saturated carbocycles. The van der Waals surface area contributed by atoms with Crippen LogP contribution in [-0.2, 0) is 4.79 Å². The fourth-order valence-corrected chi connectivity index (χ4v) is 4.36. The summed E-state index contributed by atoms with van der Waals surface area (Å²) >= 11 is 6.43. The number of hydrogen-bond acceptors (Lipinski definition) is 7. The predicted molar refractivity (Wildman–Crippen MR) is 144 cm³/mol. The van der Waals surface area contributed by atoms with Crippen molar-refractivity contribution < 1.29 is 9.53 Å². The van der Waals surface area contributed by atoms with E-state index in [4.69, 9.17) is 16.3 Å². The molecule has 3 aromatic rings. The van der Waals surface area contributed by atoms with Crippen LogP contribution in [0.4, 0.5) is 17.5 Å². The number of pyridine rings is 1. The van der Waals surface area contributed by atoms with Crippen molar-refractivity contribution in [1.82, 2.24) is 19.4 Å². The largest absolute Gasteiger partial charge is 0.478 e. The third kappa shape index (κ3) is 5.56. The van der Waals surface area contributed by atoms with Crippen molar-refractivity contribution in [3.63, 3.8) is 0 Å². The zero-order chi connectivity index (χ0) is 26.0. The molecule has 0 radical (unpaired) electrons. The van der Waals surface area contributed by atoms with E-state index >= 15 is 0 Å². The van der Waals surface area contributed by atoms with Gasteiger partial charge in [0.25, 0.3) is 11.5 Å². The third-order valence-electron chi connectivity index (χ3n) is 6.43. The Bertz CT molecular complexity index is 1320. The smallest absolute Gasteiger partial charge is 0.293 e. The molecule has 192 valence electrons. The molecule has 1 aliphatic rings. The summed E-state index contributed by atoms with van der Waals surface area (Å²) in [5, 5.41) is 4.51. The first-order valence-corrected chi connectivity index (χ1v) is 12.6. The second-order valence-electron chi connectivity index (χ2n) is 9.79. The number of carbonyl (C=O) groups excluding carboxylic acids is 1. The first-order chi connectivity index (χ1) is 17.1. The first kappa shape index (κ1) is 25.8. The highest BCUT2D eigenvalue weighted by molar-refractivity contribution is 6.32. The minimum absolute atomic E-state index is 0.0990. The Hall–Kier alpha value is -3.33. The summed E-state index contributed by atoms with van der Waals surface area (Å²) in [6, 6.07) is 7.26. The van der Waals surface area contributed by atoms with Gasteiger partial charge in [0.15, 0.2) is 18.2 Å². The normalized spacial score (nSPS) is 14.4. The molecule has 9 nitrogen and oxygen atoms in total. The molecule has 1 fully saturated rings. The quantitative estimate of drug-likeness (QED) is 0.499. The minimum atomic E-state index is -0.274. The van der Waals surface area contributed by atoms with E-state index in [1.807, 2.05) is 32.0 Å². The highest BCUT2D eigenvalue weighted by Crippen LogP contribution is 2.29.